The second-order valence-electron chi connectivity index (χ2n) is 6.83. The Morgan fingerprint density at radius 3 is 2.20 bits per heavy atom. The van der Waals surface area contributed by atoms with Gasteiger partial charge in [-0.1, -0.05) is 23.2 Å². The first-order chi connectivity index (χ1) is 14.1. The number of amides is 1. The number of carbonyl (C=O) groups is 2. The van der Waals surface area contributed by atoms with Gasteiger partial charge in [-0.05, 0) is 30.3 Å². The smallest absolute Gasteiger partial charge is 0.352 e. The van der Waals surface area contributed by atoms with E-state index in [0.29, 0.717) is 36.8 Å². The average Bonchev–Trinajstić information content (AvgIpc) is 2.71. The lowest BCUT2D eigenvalue weighted by molar-refractivity contribution is -0.137. The lowest BCUT2D eigenvalue weighted by Gasteiger charge is -2.35. The Hall–Kier alpha value is -2.32. The number of benzene rings is 1. The van der Waals surface area contributed by atoms with Crippen molar-refractivity contribution in [3.05, 3.63) is 57.7 Å². The van der Waals surface area contributed by atoms with Gasteiger partial charge in [0.1, 0.15) is 5.82 Å². The fraction of sp³-hybridized carbons (Fsp3) is 0.350. The first-order valence-corrected chi connectivity index (χ1v) is 9.95. The number of anilines is 1. The number of ketones is 1. The van der Waals surface area contributed by atoms with Crippen LogP contribution in [0, 0.1) is 0 Å². The third kappa shape index (κ3) is 5.43. The highest BCUT2D eigenvalue weighted by molar-refractivity contribution is 6.33. The summed E-state index contributed by atoms with van der Waals surface area (Å²) in [6, 6.07) is 7.33. The molecule has 1 fully saturated rings. The number of nitrogens with zero attached hydrogens (tertiary/aromatic N) is 3. The summed E-state index contributed by atoms with van der Waals surface area (Å²) in [7, 11) is 0. The largest absolute Gasteiger partial charge is 0.417 e. The molecule has 1 aromatic carbocycles. The molecule has 160 valence electrons. The van der Waals surface area contributed by atoms with Crippen LogP contribution >= 0.6 is 23.2 Å². The van der Waals surface area contributed by atoms with Gasteiger partial charge in [0.25, 0.3) is 0 Å². The number of halogens is 5. The summed E-state index contributed by atoms with van der Waals surface area (Å²) in [5, 5.41) is 0.446. The van der Waals surface area contributed by atoms with Crippen molar-refractivity contribution in [1.82, 2.24) is 9.88 Å². The van der Waals surface area contributed by atoms with E-state index in [2.05, 4.69) is 4.98 Å². The SMILES string of the molecule is O=C(CCC(=O)N1CCN(c2ncc(C(F)(F)F)cc2Cl)CC1)c1ccc(Cl)cc1. The van der Waals surface area contributed by atoms with Crippen LogP contribution in [0.15, 0.2) is 36.5 Å². The van der Waals surface area contributed by atoms with Gasteiger partial charge in [0.15, 0.2) is 5.78 Å². The first-order valence-electron chi connectivity index (χ1n) is 9.19. The molecule has 2 heterocycles. The quantitative estimate of drug-likeness (QED) is 0.607. The molecule has 0 N–H and O–H groups in total. The zero-order valence-corrected chi connectivity index (χ0v) is 17.3. The molecule has 3 rings (SSSR count). The third-order valence-electron chi connectivity index (χ3n) is 4.81. The topological polar surface area (TPSA) is 53.5 Å². The van der Waals surface area contributed by atoms with E-state index >= 15 is 0 Å². The molecule has 1 aromatic heterocycles. The van der Waals surface area contributed by atoms with Gasteiger partial charge in [0.05, 0.1) is 10.6 Å². The van der Waals surface area contributed by atoms with E-state index in [1.54, 1.807) is 34.1 Å². The number of alkyl halides is 3. The molecule has 10 heteroatoms. The Morgan fingerprint density at radius 2 is 1.63 bits per heavy atom. The van der Waals surface area contributed by atoms with Crippen LogP contribution in [0.3, 0.4) is 0 Å². The molecule has 0 bridgehead atoms. The molecular weight excluding hydrogens is 442 g/mol. The molecule has 1 amide bonds. The number of aromatic nitrogens is 1. The maximum Gasteiger partial charge on any atom is 0.417 e. The van der Waals surface area contributed by atoms with E-state index in [1.165, 1.54) is 0 Å². The highest BCUT2D eigenvalue weighted by atomic mass is 35.5. The predicted molar refractivity (Wildman–Crippen MR) is 108 cm³/mol. The van der Waals surface area contributed by atoms with Gasteiger partial charge in [-0.25, -0.2) is 4.98 Å². The summed E-state index contributed by atoms with van der Waals surface area (Å²) in [5.74, 6) is -0.0301. The summed E-state index contributed by atoms with van der Waals surface area (Å²) < 4.78 is 38.3. The van der Waals surface area contributed by atoms with Gasteiger partial charge in [-0.2, -0.15) is 13.2 Å². The highest BCUT2D eigenvalue weighted by Crippen LogP contribution is 2.33. The Morgan fingerprint density at radius 1 is 1.00 bits per heavy atom. The lowest BCUT2D eigenvalue weighted by atomic mass is 10.1. The monoisotopic (exact) mass is 459 g/mol. The minimum absolute atomic E-state index is 0.0841. The van der Waals surface area contributed by atoms with Gasteiger partial charge >= 0.3 is 6.18 Å². The van der Waals surface area contributed by atoms with Crippen LogP contribution < -0.4 is 4.90 Å². The maximum atomic E-state index is 12.8. The maximum absolute atomic E-state index is 12.8. The van der Waals surface area contributed by atoms with E-state index in [0.717, 1.165) is 12.3 Å². The lowest BCUT2D eigenvalue weighted by Crippen LogP contribution is -2.49. The van der Waals surface area contributed by atoms with Crippen LogP contribution in [0.2, 0.25) is 10.0 Å². The zero-order valence-electron chi connectivity index (χ0n) is 15.8. The van der Waals surface area contributed by atoms with Crippen molar-refractivity contribution in [2.75, 3.05) is 31.1 Å². The first kappa shape index (κ1) is 22.4. The van der Waals surface area contributed by atoms with Gasteiger partial charge < -0.3 is 9.80 Å². The zero-order chi connectivity index (χ0) is 21.9. The van der Waals surface area contributed by atoms with Crippen LogP contribution in [0.4, 0.5) is 19.0 Å². The third-order valence-corrected chi connectivity index (χ3v) is 5.34. The number of hydrogen-bond donors (Lipinski definition) is 0. The fourth-order valence-electron chi connectivity index (χ4n) is 3.14. The molecule has 0 radical (unpaired) electrons. The number of piperazine rings is 1. The van der Waals surface area contributed by atoms with E-state index in [9.17, 15) is 22.8 Å². The van der Waals surface area contributed by atoms with Gasteiger partial charge in [-0.15, -0.1) is 0 Å². The van der Waals surface area contributed by atoms with E-state index < -0.39 is 11.7 Å². The van der Waals surface area contributed by atoms with E-state index in [1.807, 2.05) is 0 Å². The van der Waals surface area contributed by atoms with E-state index in [-0.39, 0.29) is 35.4 Å². The van der Waals surface area contributed by atoms with Crippen LogP contribution in [0.1, 0.15) is 28.8 Å². The van der Waals surface area contributed by atoms with Crippen LogP contribution in [0.5, 0.6) is 0 Å². The number of Topliss-reactive ketones (excluding diaryl/α,β-unsaturated/α-hetero) is 1. The predicted octanol–water partition coefficient (Wildman–Crippen LogP) is 4.72. The molecule has 0 spiro atoms. The summed E-state index contributed by atoms with van der Waals surface area (Å²) in [6.07, 6.45) is -3.58. The molecule has 1 aliphatic heterocycles. The van der Waals surface area contributed by atoms with Crippen molar-refractivity contribution >= 4 is 40.7 Å². The second-order valence-corrected chi connectivity index (χ2v) is 7.67. The summed E-state index contributed by atoms with van der Waals surface area (Å²) in [5.41, 5.74) is -0.407. The second kappa shape index (κ2) is 9.22. The fourth-order valence-corrected chi connectivity index (χ4v) is 3.56. The Bertz CT molecular complexity index is 928. The van der Waals surface area contributed by atoms with Crippen molar-refractivity contribution < 1.29 is 22.8 Å². The van der Waals surface area contributed by atoms with E-state index in [4.69, 9.17) is 23.2 Å². The minimum atomic E-state index is -4.51. The van der Waals surface area contributed by atoms with Gasteiger partial charge in [-0.3, -0.25) is 9.59 Å². The number of carbonyl (C=O) groups excluding carboxylic acids is 2. The van der Waals surface area contributed by atoms with Crippen molar-refractivity contribution in [2.45, 2.75) is 19.0 Å². The number of rotatable bonds is 5. The molecule has 0 aliphatic carbocycles. The summed E-state index contributed by atoms with van der Waals surface area (Å²) >= 11 is 11.8. The molecule has 1 aliphatic rings. The van der Waals surface area contributed by atoms with Crippen molar-refractivity contribution in [3.8, 4) is 0 Å². The average molecular weight is 460 g/mol. The van der Waals surface area contributed by atoms with Crippen molar-refractivity contribution in [1.29, 1.82) is 0 Å². The van der Waals surface area contributed by atoms with Crippen LogP contribution in [-0.2, 0) is 11.0 Å². The molecule has 5 nitrogen and oxygen atoms in total. The molecule has 0 atom stereocenters. The normalized spacial score (nSPS) is 14.7. The van der Waals surface area contributed by atoms with Crippen molar-refractivity contribution in [2.24, 2.45) is 0 Å². The minimum Gasteiger partial charge on any atom is -0.352 e. The molecular formula is C20H18Cl2F3N3O2. The molecule has 0 unspecified atom stereocenters. The molecule has 0 saturated carbocycles. The van der Waals surface area contributed by atoms with Crippen LogP contribution in [-0.4, -0.2) is 47.8 Å². The molecule has 30 heavy (non-hydrogen) atoms. The summed E-state index contributed by atoms with van der Waals surface area (Å²) in [4.78, 5) is 31.8. The Balaban J connectivity index is 1.52. The standard InChI is InChI=1S/C20H18Cl2F3N3O2/c21-15-3-1-13(2-4-15)17(29)5-6-18(30)27-7-9-28(10-8-27)19-16(22)11-14(12-26-19)20(23,24)25/h1-4,11-12H,5-10H2. The van der Waals surface area contributed by atoms with Crippen molar-refractivity contribution in [3.63, 3.8) is 0 Å². The highest BCUT2D eigenvalue weighted by Gasteiger charge is 2.32. The molecule has 1 saturated heterocycles. The summed E-state index contributed by atoms with van der Waals surface area (Å²) in [6.45, 7) is 1.50. The van der Waals surface area contributed by atoms with Gasteiger partial charge in [0.2, 0.25) is 5.91 Å². The molecule has 2 aromatic rings. The Kier molecular flexibility index (Phi) is 6.88. The van der Waals surface area contributed by atoms with Gasteiger partial charge in [0, 0.05) is 55.8 Å². The van der Waals surface area contributed by atoms with Crippen LogP contribution in [0.25, 0.3) is 0 Å². The Labute approximate surface area is 181 Å². The number of pyridine rings is 1. The number of hydrogen-bond acceptors (Lipinski definition) is 4.